The zero-order chi connectivity index (χ0) is 13.2. The van der Waals surface area contributed by atoms with Crippen LogP contribution in [0.15, 0.2) is 35.2 Å². The van der Waals surface area contributed by atoms with Crippen LogP contribution in [0.25, 0.3) is 0 Å². The maximum atomic E-state index is 12.1. The molecule has 0 unspecified atom stereocenters. The van der Waals surface area contributed by atoms with E-state index in [4.69, 9.17) is 5.73 Å². The van der Waals surface area contributed by atoms with Gasteiger partial charge in [-0.25, -0.2) is 8.42 Å². The smallest absolute Gasteiger partial charge is 0.243 e. The Morgan fingerprint density at radius 2 is 2.12 bits per heavy atom. The minimum absolute atomic E-state index is 0.0369. The van der Waals surface area contributed by atoms with E-state index >= 15 is 0 Å². The van der Waals surface area contributed by atoms with Crippen molar-refractivity contribution in [1.82, 2.24) is 4.31 Å². The number of hydrogen-bond donors (Lipinski definition) is 2. The second-order valence-electron chi connectivity index (χ2n) is 3.94. The van der Waals surface area contributed by atoms with Gasteiger partial charge in [-0.05, 0) is 25.1 Å². The lowest BCUT2D eigenvalue weighted by atomic mass is 10.3. The first-order chi connectivity index (χ1) is 7.75. The monoisotopic (exact) mass is 256 g/mol. The van der Waals surface area contributed by atoms with E-state index in [1.807, 2.05) is 0 Å². The molecule has 0 aromatic heterocycles. The molecule has 1 aromatic rings. The zero-order valence-electron chi connectivity index (χ0n) is 9.84. The summed E-state index contributed by atoms with van der Waals surface area (Å²) in [4.78, 5) is 0.0524. The molecule has 0 fully saturated rings. The highest BCUT2D eigenvalue weighted by Gasteiger charge is 2.21. The van der Waals surface area contributed by atoms with Crippen molar-refractivity contribution in [2.75, 3.05) is 19.3 Å². The van der Waals surface area contributed by atoms with Crippen LogP contribution in [0.2, 0.25) is 0 Å². The molecule has 0 radical (unpaired) electrons. The van der Waals surface area contributed by atoms with Crippen LogP contribution in [0.1, 0.15) is 6.92 Å². The molecule has 6 heteroatoms. The molecular weight excluding hydrogens is 240 g/mol. The van der Waals surface area contributed by atoms with E-state index in [0.29, 0.717) is 0 Å². The number of anilines is 1. The SMILES string of the molecule is C=C(C)CN(C)S(=O)(=O)c1ccc(O)c(N)c1. The van der Waals surface area contributed by atoms with Gasteiger partial charge in [0.15, 0.2) is 0 Å². The van der Waals surface area contributed by atoms with Crippen molar-refractivity contribution in [3.63, 3.8) is 0 Å². The molecule has 3 N–H and O–H groups in total. The first-order valence-corrected chi connectivity index (χ1v) is 6.38. The van der Waals surface area contributed by atoms with Crippen molar-refractivity contribution in [2.45, 2.75) is 11.8 Å². The molecule has 0 saturated heterocycles. The summed E-state index contributed by atoms with van der Waals surface area (Å²) >= 11 is 0. The van der Waals surface area contributed by atoms with Gasteiger partial charge >= 0.3 is 0 Å². The Bertz CT molecular complexity index is 538. The van der Waals surface area contributed by atoms with E-state index in [1.165, 1.54) is 29.6 Å². The summed E-state index contributed by atoms with van der Waals surface area (Å²) in [5.74, 6) is -0.133. The molecule has 0 aliphatic carbocycles. The number of benzene rings is 1. The van der Waals surface area contributed by atoms with Crippen LogP contribution in [0.3, 0.4) is 0 Å². The second-order valence-corrected chi connectivity index (χ2v) is 5.98. The normalized spacial score (nSPS) is 11.7. The topological polar surface area (TPSA) is 83.6 Å². The number of phenols is 1. The van der Waals surface area contributed by atoms with Crippen molar-refractivity contribution >= 4 is 15.7 Å². The molecule has 0 heterocycles. The van der Waals surface area contributed by atoms with E-state index in [-0.39, 0.29) is 22.9 Å². The molecule has 1 aromatic carbocycles. The largest absolute Gasteiger partial charge is 0.506 e. The molecular formula is C11H16N2O3S. The van der Waals surface area contributed by atoms with Crippen molar-refractivity contribution in [1.29, 1.82) is 0 Å². The summed E-state index contributed by atoms with van der Waals surface area (Å²) in [7, 11) is -2.13. The molecule has 5 nitrogen and oxygen atoms in total. The predicted molar refractivity (Wildman–Crippen MR) is 67.1 cm³/mol. The standard InChI is InChI=1S/C11H16N2O3S/c1-8(2)7-13(3)17(15,16)9-4-5-11(14)10(12)6-9/h4-6,14H,1,7,12H2,2-3H3. The average Bonchev–Trinajstić information content (AvgIpc) is 2.20. The number of rotatable bonds is 4. The first kappa shape index (κ1) is 13.5. The van der Waals surface area contributed by atoms with Gasteiger partial charge in [-0.1, -0.05) is 12.2 Å². The lowest BCUT2D eigenvalue weighted by Gasteiger charge is -2.17. The number of phenolic OH excluding ortho intramolecular Hbond substituents is 1. The number of likely N-dealkylation sites (N-methyl/N-ethyl adjacent to an activating group) is 1. The average molecular weight is 256 g/mol. The molecule has 0 spiro atoms. The van der Waals surface area contributed by atoms with Crippen LogP contribution >= 0.6 is 0 Å². The van der Waals surface area contributed by atoms with E-state index in [2.05, 4.69) is 6.58 Å². The highest BCUT2D eigenvalue weighted by atomic mass is 32.2. The number of nitrogen functional groups attached to an aromatic ring is 1. The van der Waals surface area contributed by atoms with Gasteiger partial charge in [0.05, 0.1) is 10.6 Å². The number of sulfonamides is 1. The molecule has 0 amide bonds. The fourth-order valence-electron chi connectivity index (χ4n) is 1.34. The number of hydrogen-bond acceptors (Lipinski definition) is 4. The Morgan fingerprint density at radius 3 is 2.59 bits per heavy atom. The summed E-state index contributed by atoms with van der Waals surface area (Å²) in [5.41, 5.74) is 6.24. The van der Waals surface area contributed by atoms with Gasteiger partial charge in [0.2, 0.25) is 10.0 Å². The fraction of sp³-hybridized carbons (Fsp3) is 0.273. The number of nitrogens with two attached hydrogens (primary N) is 1. The molecule has 0 aliphatic rings. The molecule has 1 rings (SSSR count). The van der Waals surface area contributed by atoms with Crippen molar-refractivity contribution in [3.05, 3.63) is 30.4 Å². The Balaban J connectivity index is 3.13. The maximum absolute atomic E-state index is 12.1. The highest BCUT2D eigenvalue weighted by Crippen LogP contribution is 2.24. The van der Waals surface area contributed by atoms with E-state index < -0.39 is 10.0 Å². The molecule has 94 valence electrons. The Morgan fingerprint density at radius 1 is 1.53 bits per heavy atom. The summed E-state index contributed by atoms with van der Waals surface area (Å²) in [6, 6.07) is 3.81. The van der Waals surface area contributed by atoms with Gasteiger partial charge in [0.1, 0.15) is 5.75 Å². The third-order valence-corrected chi connectivity index (χ3v) is 4.00. The first-order valence-electron chi connectivity index (χ1n) is 4.94. The molecule has 0 saturated carbocycles. The zero-order valence-corrected chi connectivity index (χ0v) is 10.7. The van der Waals surface area contributed by atoms with E-state index in [0.717, 1.165) is 5.57 Å². The quantitative estimate of drug-likeness (QED) is 0.481. The van der Waals surface area contributed by atoms with Gasteiger partial charge < -0.3 is 10.8 Å². The molecule has 0 aliphatic heterocycles. The third kappa shape index (κ3) is 2.98. The highest BCUT2D eigenvalue weighted by molar-refractivity contribution is 7.89. The van der Waals surface area contributed by atoms with Crippen molar-refractivity contribution in [2.24, 2.45) is 0 Å². The Labute approximate surface area is 101 Å². The van der Waals surface area contributed by atoms with Crippen molar-refractivity contribution in [3.8, 4) is 5.75 Å². The molecule has 0 atom stereocenters. The number of nitrogens with zero attached hydrogens (tertiary/aromatic N) is 1. The fourth-order valence-corrected chi connectivity index (χ4v) is 2.60. The molecule has 17 heavy (non-hydrogen) atoms. The molecule has 0 bridgehead atoms. The maximum Gasteiger partial charge on any atom is 0.243 e. The summed E-state index contributed by atoms with van der Waals surface area (Å²) in [6.07, 6.45) is 0. The van der Waals surface area contributed by atoms with Crippen LogP contribution in [-0.2, 0) is 10.0 Å². The van der Waals surface area contributed by atoms with Gasteiger partial charge in [-0.2, -0.15) is 4.31 Å². The summed E-state index contributed by atoms with van der Waals surface area (Å²) in [5, 5.41) is 9.25. The third-order valence-electron chi connectivity index (χ3n) is 2.20. The van der Waals surface area contributed by atoms with Gasteiger partial charge in [0, 0.05) is 13.6 Å². The predicted octanol–water partition coefficient (Wildman–Crippen LogP) is 1.17. The van der Waals surface area contributed by atoms with Gasteiger partial charge in [-0.15, -0.1) is 0 Å². The van der Waals surface area contributed by atoms with Gasteiger partial charge in [0.25, 0.3) is 0 Å². The van der Waals surface area contributed by atoms with Crippen LogP contribution in [-0.4, -0.2) is 31.4 Å². The minimum Gasteiger partial charge on any atom is -0.506 e. The van der Waals surface area contributed by atoms with E-state index in [9.17, 15) is 13.5 Å². The van der Waals surface area contributed by atoms with Crippen LogP contribution in [0, 0.1) is 0 Å². The summed E-state index contributed by atoms with van der Waals surface area (Å²) in [6.45, 7) is 5.65. The van der Waals surface area contributed by atoms with Gasteiger partial charge in [-0.3, -0.25) is 0 Å². The summed E-state index contributed by atoms with van der Waals surface area (Å²) < 4.78 is 25.3. The Kier molecular flexibility index (Phi) is 3.79. The van der Waals surface area contributed by atoms with Crippen LogP contribution in [0.5, 0.6) is 5.75 Å². The van der Waals surface area contributed by atoms with Crippen LogP contribution in [0.4, 0.5) is 5.69 Å². The lowest BCUT2D eigenvalue weighted by Crippen LogP contribution is -2.28. The Hall–Kier alpha value is -1.53. The lowest BCUT2D eigenvalue weighted by molar-refractivity contribution is 0.476. The van der Waals surface area contributed by atoms with Crippen LogP contribution < -0.4 is 5.73 Å². The van der Waals surface area contributed by atoms with Crippen molar-refractivity contribution < 1.29 is 13.5 Å². The second kappa shape index (κ2) is 4.77. The minimum atomic E-state index is -3.59. The van der Waals surface area contributed by atoms with E-state index in [1.54, 1.807) is 6.92 Å². The number of aromatic hydroxyl groups is 1.